The molecule has 2 bridgehead atoms. The molecule has 0 radical (unpaired) electrons. The fourth-order valence-corrected chi connectivity index (χ4v) is 9.55. The normalized spacial score (nSPS) is 26.9. The summed E-state index contributed by atoms with van der Waals surface area (Å²) in [7, 11) is -2.27. The van der Waals surface area contributed by atoms with Crippen molar-refractivity contribution in [2.45, 2.75) is 186 Å². The Kier molecular flexibility index (Phi) is 14.5. The maximum absolute atomic E-state index is 14.1. The number of carbonyl (C=O) groups excluding carboxylic acids is 2. The highest BCUT2D eigenvalue weighted by atomic mass is 28.4. The Morgan fingerprint density at radius 1 is 0.852 bits per heavy atom. The lowest BCUT2D eigenvalue weighted by Crippen LogP contribution is -2.48. The van der Waals surface area contributed by atoms with E-state index in [9.17, 15) is 14.7 Å². The summed E-state index contributed by atoms with van der Waals surface area (Å²) in [5, 5.41) is 11.0. The number of ether oxygens (including phenoxy) is 4. The molecule has 0 aromatic heterocycles. The van der Waals surface area contributed by atoms with Gasteiger partial charge in [0.1, 0.15) is 24.0 Å². The summed E-state index contributed by atoms with van der Waals surface area (Å²) < 4.78 is 32.9. The third kappa shape index (κ3) is 11.2. The molecular weight excluding hydrogens is 697 g/mol. The van der Waals surface area contributed by atoms with Crippen molar-refractivity contribution < 1.29 is 38.1 Å². The Balaban J connectivity index is 1.37. The summed E-state index contributed by atoms with van der Waals surface area (Å²) in [5.74, 6) is -0.725. The Morgan fingerprint density at radius 2 is 1.54 bits per heavy atom. The third-order valence-corrected chi connectivity index (χ3v) is 17.3. The van der Waals surface area contributed by atoms with E-state index in [1.165, 1.54) is 6.42 Å². The van der Waals surface area contributed by atoms with Crippen LogP contribution in [-0.2, 0) is 41.2 Å². The topological polar surface area (TPSA) is 101 Å². The summed E-state index contributed by atoms with van der Waals surface area (Å²) in [6.45, 7) is 17.5. The van der Waals surface area contributed by atoms with Crippen LogP contribution in [0, 0.1) is 11.3 Å². The average molecular weight is 765 g/mol. The van der Waals surface area contributed by atoms with Gasteiger partial charge in [-0.3, -0.25) is 4.79 Å². The molecule has 0 aliphatic carbocycles. The molecule has 8 nitrogen and oxygen atoms in total. The number of phenols is 1. The van der Waals surface area contributed by atoms with E-state index in [2.05, 4.69) is 40.8 Å². The maximum Gasteiger partial charge on any atom is 0.342 e. The van der Waals surface area contributed by atoms with Crippen molar-refractivity contribution in [3.05, 3.63) is 65.2 Å². The van der Waals surface area contributed by atoms with Crippen LogP contribution in [0.4, 0.5) is 0 Å². The number of hydrogen-bond donors (Lipinski definition) is 1. The highest BCUT2D eigenvalue weighted by molar-refractivity contribution is 6.74. The van der Waals surface area contributed by atoms with Crippen LogP contribution in [0.5, 0.6) is 5.75 Å². The second kappa shape index (κ2) is 18.5. The third-order valence-electron chi connectivity index (χ3n) is 12.8. The van der Waals surface area contributed by atoms with Crippen LogP contribution in [0.25, 0.3) is 0 Å². The minimum Gasteiger partial charge on any atom is -0.507 e. The van der Waals surface area contributed by atoms with E-state index in [0.29, 0.717) is 19.3 Å². The van der Waals surface area contributed by atoms with Gasteiger partial charge in [-0.15, -0.1) is 0 Å². The lowest BCUT2D eigenvalue weighted by atomic mass is 9.81. The molecular formula is C45H68O8Si. The van der Waals surface area contributed by atoms with Gasteiger partial charge in [-0.1, -0.05) is 70.2 Å². The van der Waals surface area contributed by atoms with E-state index in [1.54, 1.807) is 6.07 Å². The van der Waals surface area contributed by atoms with E-state index in [0.717, 1.165) is 68.9 Å². The van der Waals surface area contributed by atoms with E-state index in [4.69, 9.17) is 23.4 Å². The van der Waals surface area contributed by atoms with Crippen molar-refractivity contribution in [3.8, 4) is 5.75 Å². The van der Waals surface area contributed by atoms with Gasteiger partial charge >= 0.3 is 11.9 Å². The molecule has 2 saturated heterocycles. The van der Waals surface area contributed by atoms with E-state index < -0.39 is 25.8 Å². The van der Waals surface area contributed by atoms with Gasteiger partial charge in [0.15, 0.2) is 8.32 Å². The van der Waals surface area contributed by atoms with Gasteiger partial charge in [0.2, 0.25) is 0 Å². The Labute approximate surface area is 326 Å². The van der Waals surface area contributed by atoms with Crippen LogP contribution in [0.1, 0.15) is 140 Å². The standard InChI is InChI=1S/C45H68O8Si/c1-31-26-27-35-22-14-21-34(50-35)20-12-18-33-19-13-24-38(46)41(33)42(47)52-39(31)29-37(53-54(7,8)44(2,3)4)28-36-23-15-25-40(51-36)45(5,6)43(48)49-30-32-16-10-9-11-17-32/h9-11,13,16-17,19,24,31,34-37,39-40,46H,12,14-15,18,20-23,25-30H2,1-8H3/t31-,34-,35-,36-,37-,39+,40+/m0/s1. The smallest absolute Gasteiger partial charge is 0.342 e. The summed E-state index contributed by atoms with van der Waals surface area (Å²) in [5.41, 5.74) is 1.22. The molecule has 2 aromatic rings. The zero-order valence-corrected chi connectivity index (χ0v) is 35.4. The Bertz CT molecular complexity index is 1520. The predicted octanol–water partition coefficient (Wildman–Crippen LogP) is 10.5. The first-order chi connectivity index (χ1) is 25.5. The summed E-state index contributed by atoms with van der Waals surface area (Å²) in [4.78, 5) is 27.6. The quantitative estimate of drug-likeness (QED) is 0.189. The van der Waals surface area contributed by atoms with Gasteiger partial charge in [-0.05, 0) is 132 Å². The molecule has 3 aliphatic rings. The summed E-state index contributed by atoms with van der Waals surface area (Å²) in [6, 6.07) is 15.1. The van der Waals surface area contributed by atoms with Crippen molar-refractivity contribution in [2.24, 2.45) is 11.3 Å². The van der Waals surface area contributed by atoms with Gasteiger partial charge in [-0.2, -0.15) is 0 Å². The second-order valence-electron chi connectivity index (χ2n) is 18.4. The van der Waals surface area contributed by atoms with Crippen molar-refractivity contribution in [1.29, 1.82) is 0 Å². The van der Waals surface area contributed by atoms with Gasteiger partial charge in [-0.25, -0.2) is 4.79 Å². The lowest BCUT2D eigenvalue weighted by molar-refractivity contribution is -0.174. The Hall–Kier alpha value is -2.72. The number of benzene rings is 2. The molecule has 1 N–H and O–H groups in total. The Morgan fingerprint density at radius 3 is 2.26 bits per heavy atom. The van der Waals surface area contributed by atoms with Crippen LogP contribution >= 0.6 is 0 Å². The van der Waals surface area contributed by atoms with Gasteiger partial charge in [0, 0.05) is 6.42 Å². The molecule has 3 heterocycles. The van der Waals surface area contributed by atoms with Crippen molar-refractivity contribution in [1.82, 2.24) is 0 Å². The zero-order valence-electron chi connectivity index (χ0n) is 34.4. The number of esters is 2. The van der Waals surface area contributed by atoms with Gasteiger partial charge in [0.25, 0.3) is 0 Å². The molecule has 5 rings (SSSR count). The van der Waals surface area contributed by atoms with Gasteiger partial charge < -0.3 is 28.5 Å². The minimum absolute atomic E-state index is 0.0309. The fraction of sp³-hybridized carbons (Fsp3) is 0.689. The lowest BCUT2D eigenvalue weighted by Gasteiger charge is -2.43. The number of rotatable bonds is 10. The molecule has 0 saturated carbocycles. The molecule has 9 heteroatoms. The van der Waals surface area contributed by atoms with Crippen molar-refractivity contribution in [2.75, 3.05) is 0 Å². The second-order valence-corrected chi connectivity index (χ2v) is 23.2. The molecule has 300 valence electrons. The van der Waals surface area contributed by atoms with Gasteiger partial charge in [0.05, 0.1) is 35.9 Å². The van der Waals surface area contributed by atoms with Crippen LogP contribution in [0.3, 0.4) is 0 Å². The number of carbonyl (C=O) groups is 2. The molecule has 2 aromatic carbocycles. The number of cyclic esters (lactones) is 1. The number of aromatic hydroxyl groups is 1. The first kappa shape index (κ1) is 42.4. The highest BCUT2D eigenvalue weighted by Gasteiger charge is 2.44. The fourth-order valence-electron chi connectivity index (χ4n) is 8.17. The van der Waals surface area contributed by atoms with E-state index in [-0.39, 0.29) is 65.4 Å². The average Bonchev–Trinajstić information content (AvgIpc) is 3.12. The molecule has 0 unspecified atom stereocenters. The first-order valence-corrected chi connectivity index (χ1v) is 23.7. The van der Waals surface area contributed by atoms with Crippen LogP contribution < -0.4 is 0 Å². The highest BCUT2D eigenvalue weighted by Crippen LogP contribution is 2.41. The number of hydrogen-bond acceptors (Lipinski definition) is 8. The predicted molar refractivity (Wildman–Crippen MR) is 215 cm³/mol. The number of aryl methyl sites for hydroxylation is 1. The molecule has 0 amide bonds. The minimum atomic E-state index is -2.27. The van der Waals surface area contributed by atoms with E-state index >= 15 is 0 Å². The zero-order chi connectivity index (χ0) is 39.1. The number of fused-ring (bicyclic) bond motifs is 3. The van der Waals surface area contributed by atoms with Crippen LogP contribution in [-0.4, -0.2) is 62.0 Å². The SMILES string of the molecule is C[C@H]1CC[C@@H]2CCC[C@H](CCCc3cccc(O)c3C(=O)O[C@@H]1C[C@H](C[C@@H]1CCC[C@H](C(C)(C)C(=O)OCc3ccccc3)O1)O[Si](C)(C)C(C)(C)C)O2. The summed E-state index contributed by atoms with van der Waals surface area (Å²) in [6.07, 6.45) is 10.7. The molecule has 3 aliphatic heterocycles. The molecule has 7 atom stereocenters. The van der Waals surface area contributed by atoms with Crippen LogP contribution in [0.15, 0.2) is 48.5 Å². The first-order valence-electron chi connectivity index (χ1n) is 20.7. The largest absolute Gasteiger partial charge is 0.507 e. The van der Waals surface area contributed by atoms with E-state index in [1.807, 2.05) is 56.3 Å². The monoisotopic (exact) mass is 764 g/mol. The van der Waals surface area contributed by atoms with Crippen molar-refractivity contribution in [3.63, 3.8) is 0 Å². The summed E-state index contributed by atoms with van der Waals surface area (Å²) >= 11 is 0. The molecule has 0 spiro atoms. The van der Waals surface area contributed by atoms with Crippen LogP contribution in [0.2, 0.25) is 18.1 Å². The molecule has 54 heavy (non-hydrogen) atoms. The molecule has 2 fully saturated rings. The van der Waals surface area contributed by atoms with Crippen molar-refractivity contribution >= 4 is 20.3 Å². The number of phenolic OH excluding ortho intramolecular Hbond substituents is 1. The maximum atomic E-state index is 14.1.